The maximum absolute atomic E-state index is 14.1. The highest BCUT2D eigenvalue weighted by Crippen LogP contribution is 2.28. The van der Waals surface area contributed by atoms with Gasteiger partial charge in [0.2, 0.25) is 5.91 Å². The first-order valence-electron chi connectivity index (χ1n) is 8.97. The summed E-state index contributed by atoms with van der Waals surface area (Å²) in [7, 11) is 1.40. The van der Waals surface area contributed by atoms with E-state index in [-0.39, 0.29) is 23.6 Å². The molecule has 26 heavy (non-hydrogen) atoms. The van der Waals surface area contributed by atoms with Crippen LogP contribution in [0.2, 0.25) is 0 Å². The van der Waals surface area contributed by atoms with Crippen molar-refractivity contribution in [3.05, 3.63) is 24.0 Å². The zero-order chi connectivity index (χ0) is 19.3. The average Bonchev–Trinajstić information content (AvgIpc) is 2.62. The molecule has 0 aromatic heterocycles. The van der Waals surface area contributed by atoms with Crippen molar-refractivity contribution in [3.63, 3.8) is 0 Å². The van der Waals surface area contributed by atoms with E-state index in [9.17, 15) is 14.0 Å². The molecule has 1 saturated heterocycles. The maximum atomic E-state index is 14.1. The van der Waals surface area contributed by atoms with Crippen molar-refractivity contribution < 1.29 is 23.5 Å². The van der Waals surface area contributed by atoms with Gasteiger partial charge in [0.05, 0.1) is 19.6 Å². The summed E-state index contributed by atoms with van der Waals surface area (Å²) in [6, 6.07) is 4.35. The van der Waals surface area contributed by atoms with Gasteiger partial charge in [-0.1, -0.05) is 0 Å². The van der Waals surface area contributed by atoms with Gasteiger partial charge in [0, 0.05) is 30.9 Å². The van der Waals surface area contributed by atoms with Crippen LogP contribution < -0.4 is 9.64 Å². The molecule has 6 nitrogen and oxygen atoms in total. The molecule has 1 fully saturated rings. The number of piperidine rings is 1. The van der Waals surface area contributed by atoms with Crippen molar-refractivity contribution in [1.82, 2.24) is 4.90 Å². The number of halogens is 1. The molecule has 1 aromatic rings. The molecule has 2 amide bonds. The second kappa shape index (κ2) is 8.87. The van der Waals surface area contributed by atoms with Crippen LogP contribution >= 0.6 is 0 Å². The Morgan fingerprint density at radius 1 is 1.38 bits per heavy atom. The third kappa shape index (κ3) is 4.45. The highest BCUT2D eigenvalue weighted by molar-refractivity contribution is 5.96. The molecular weight excluding hydrogens is 339 g/mol. The molecule has 0 aliphatic carbocycles. The van der Waals surface area contributed by atoms with Crippen LogP contribution in [0.3, 0.4) is 0 Å². The Morgan fingerprint density at radius 3 is 2.69 bits per heavy atom. The van der Waals surface area contributed by atoms with Crippen molar-refractivity contribution in [1.29, 1.82) is 0 Å². The first-order chi connectivity index (χ1) is 12.4. The van der Waals surface area contributed by atoms with Gasteiger partial charge >= 0.3 is 6.09 Å². The van der Waals surface area contributed by atoms with E-state index in [1.54, 1.807) is 22.8 Å². The number of ether oxygens (including phenoxy) is 2. The SMILES string of the molecule is CCOC(=O)N1CCCC(C(=O)N(c2ccc(OC)c(F)c2)C(C)C)C1. The lowest BCUT2D eigenvalue weighted by Crippen LogP contribution is -2.48. The van der Waals surface area contributed by atoms with E-state index >= 15 is 0 Å². The second-order valence-electron chi connectivity index (χ2n) is 6.60. The highest BCUT2D eigenvalue weighted by Gasteiger charge is 2.33. The average molecular weight is 366 g/mol. The molecule has 0 bridgehead atoms. The number of carbonyl (C=O) groups excluding carboxylic acids is 2. The molecule has 1 unspecified atom stereocenters. The van der Waals surface area contributed by atoms with Crippen molar-refractivity contribution in [3.8, 4) is 5.75 Å². The number of hydrogen-bond donors (Lipinski definition) is 0. The zero-order valence-electron chi connectivity index (χ0n) is 15.8. The number of anilines is 1. The predicted octanol–water partition coefficient (Wildman–Crippen LogP) is 3.44. The Balaban J connectivity index is 2.20. The summed E-state index contributed by atoms with van der Waals surface area (Å²) < 4.78 is 24.1. The van der Waals surface area contributed by atoms with Gasteiger partial charge in [-0.05, 0) is 45.7 Å². The third-order valence-electron chi connectivity index (χ3n) is 4.46. The molecular formula is C19H27FN2O4. The van der Waals surface area contributed by atoms with Crippen LogP contribution in [0.25, 0.3) is 0 Å². The largest absolute Gasteiger partial charge is 0.494 e. The topological polar surface area (TPSA) is 59.1 Å². The fraction of sp³-hybridized carbons (Fsp3) is 0.579. The summed E-state index contributed by atoms with van der Waals surface area (Å²) in [5, 5.41) is 0. The van der Waals surface area contributed by atoms with Gasteiger partial charge in [0.25, 0.3) is 0 Å². The molecule has 0 saturated carbocycles. The number of amides is 2. The van der Waals surface area contributed by atoms with Crippen LogP contribution in [-0.2, 0) is 9.53 Å². The molecule has 1 aromatic carbocycles. The molecule has 0 N–H and O–H groups in total. The number of carbonyl (C=O) groups is 2. The molecule has 144 valence electrons. The molecule has 1 aliphatic heterocycles. The first kappa shape index (κ1) is 20.0. The van der Waals surface area contributed by atoms with E-state index in [1.807, 2.05) is 13.8 Å². The summed E-state index contributed by atoms with van der Waals surface area (Å²) in [5.74, 6) is -0.824. The Kier molecular flexibility index (Phi) is 6.83. The lowest BCUT2D eigenvalue weighted by Gasteiger charge is -2.36. The monoisotopic (exact) mass is 366 g/mol. The molecule has 7 heteroatoms. The molecule has 1 aliphatic rings. The Morgan fingerprint density at radius 2 is 2.12 bits per heavy atom. The molecule has 1 heterocycles. The number of nitrogens with zero attached hydrogens (tertiary/aromatic N) is 2. The molecule has 0 radical (unpaired) electrons. The van der Waals surface area contributed by atoms with Gasteiger partial charge in [-0.3, -0.25) is 4.79 Å². The number of benzene rings is 1. The Hall–Kier alpha value is -2.31. The van der Waals surface area contributed by atoms with Crippen LogP contribution in [0.15, 0.2) is 18.2 Å². The van der Waals surface area contributed by atoms with Gasteiger partial charge < -0.3 is 19.3 Å². The summed E-state index contributed by atoms with van der Waals surface area (Å²) in [4.78, 5) is 28.3. The van der Waals surface area contributed by atoms with Crippen LogP contribution in [0.5, 0.6) is 5.75 Å². The number of likely N-dealkylation sites (tertiary alicyclic amines) is 1. The minimum absolute atomic E-state index is 0.112. The second-order valence-corrected chi connectivity index (χ2v) is 6.60. The van der Waals surface area contributed by atoms with E-state index in [2.05, 4.69) is 0 Å². The Bertz CT molecular complexity index is 650. The zero-order valence-corrected chi connectivity index (χ0v) is 15.8. The normalized spacial score (nSPS) is 17.2. The molecule has 0 spiro atoms. The van der Waals surface area contributed by atoms with E-state index in [4.69, 9.17) is 9.47 Å². The molecule has 2 rings (SSSR count). The van der Waals surface area contributed by atoms with Gasteiger partial charge in [0.15, 0.2) is 11.6 Å². The summed E-state index contributed by atoms with van der Waals surface area (Å²) in [6.45, 7) is 6.72. The lowest BCUT2D eigenvalue weighted by atomic mass is 9.96. The minimum Gasteiger partial charge on any atom is -0.494 e. The van der Waals surface area contributed by atoms with Crippen molar-refractivity contribution in [2.45, 2.75) is 39.7 Å². The van der Waals surface area contributed by atoms with Gasteiger partial charge in [-0.2, -0.15) is 0 Å². The fourth-order valence-corrected chi connectivity index (χ4v) is 3.24. The highest BCUT2D eigenvalue weighted by atomic mass is 19.1. The van der Waals surface area contributed by atoms with E-state index in [0.717, 1.165) is 6.42 Å². The van der Waals surface area contributed by atoms with Gasteiger partial charge in [-0.15, -0.1) is 0 Å². The molecule has 1 atom stereocenters. The predicted molar refractivity (Wildman–Crippen MR) is 96.9 cm³/mol. The van der Waals surface area contributed by atoms with Crippen LogP contribution in [0.1, 0.15) is 33.6 Å². The van der Waals surface area contributed by atoms with Crippen LogP contribution in [-0.4, -0.2) is 49.7 Å². The first-order valence-corrected chi connectivity index (χ1v) is 8.97. The maximum Gasteiger partial charge on any atom is 0.409 e. The van der Waals surface area contributed by atoms with Crippen LogP contribution in [0, 0.1) is 11.7 Å². The number of methoxy groups -OCH3 is 1. The van der Waals surface area contributed by atoms with Crippen molar-refractivity contribution in [2.75, 3.05) is 31.7 Å². The minimum atomic E-state index is -0.514. The van der Waals surface area contributed by atoms with Crippen molar-refractivity contribution >= 4 is 17.7 Å². The lowest BCUT2D eigenvalue weighted by molar-refractivity contribution is -0.124. The number of hydrogen-bond acceptors (Lipinski definition) is 4. The third-order valence-corrected chi connectivity index (χ3v) is 4.46. The van der Waals surface area contributed by atoms with Gasteiger partial charge in [-0.25, -0.2) is 9.18 Å². The number of rotatable bonds is 5. The fourth-order valence-electron chi connectivity index (χ4n) is 3.24. The van der Waals surface area contributed by atoms with Crippen LogP contribution in [0.4, 0.5) is 14.9 Å². The van der Waals surface area contributed by atoms with Gasteiger partial charge in [0.1, 0.15) is 0 Å². The smallest absolute Gasteiger partial charge is 0.409 e. The summed E-state index contributed by atoms with van der Waals surface area (Å²) in [6.07, 6.45) is 1.03. The van der Waals surface area contributed by atoms with E-state index < -0.39 is 11.9 Å². The standard InChI is InChI=1S/C19H27FN2O4/c1-5-26-19(24)21-10-6-7-14(12-21)18(23)22(13(2)3)15-8-9-17(25-4)16(20)11-15/h8-9,11,13-14H,5-7,10,12H2,1-4H3. The van der Waals surface area contributed by atoms with Crippen molar-refractivity contribution in [2.24, 2.45) is 5.92 Å². The Labute approximate surface area is 153 Å². The van der Waals surface area contributed by atoms with E-state index in [0.29, 0.717) is 31.8 Å². The summed E-state index contributed by atoms with van der Waals surface area (Å²) >= 11 is 0. The quantitative estimate of drug-likeness (QED) is 0.801. The van der Waals surface area contributed by atoms with E-state index in [1.165, 1.54) is 19.2 Å². The summed E-state index contributed by atoms with van der Waals surface area (Å²) in [5.41, 5.74) is 0.483.